The molecule has 0 unspecified atom stereocenters. The Kier molecular flexibility index (Phi) is 47.1. The first-order chi connectivity index (χ1) is 43.9. The molecule has 0 radical (unpaired) electrons. The minimum absolute atomic E-state index is 0.00371. The number of ether oxygens (including phenoxy) is 4. The summed E-state index contributed by atoms with van der Waals surface area (Å²) >= 11 is 0. The number of aliphatic hydroxyl groups is 1. The number of carbonyl (C=O) groups excluding carboxylic acids is 9. The van der Waals surface area contributed by atoms with Gasteiger partial charge in [-0.05, 0) is 64.7 Å². The van der Waals surface area contributed by atoms with Crippen molar-refractivity contribution in [1.82, 2.24) is 31.2 Å². The highest BCUT2D eigenvalue weighted by atomic mass is 16.5. The maximum absolute atomic E-state index is 13.3. The van der Waals surface area contributed by atoms with Crippen molar-refractivity contribution in [2.24, 2.45) is 23.0 Å². The summed E-state index contributed by atoms with van der Waals surface area (Å²) in [5.74, 6) is -8.70. The van der Waals surface area contributed by atoms with Crippen molar-refractivity contribution < 1.29 is 96.9 Å². The Morgan fingerprint density at radius 3 is 1.62 bits per heavy atom. The molecule has 0 aliphatic rings. The van der Waals surface area contributed by atoms with Crippen LogP contribution in [-0.4, -0.2) is 185 Å². The van der Waals surface area contributed by atoms with E-state index in [-0.39, 0.29) is 178 Å². The zero-order chi connectivity index (χ0) is 68.4. The largest absolute Gasteiger partial charge is 0.481 e. The molecule has 0 bridgehead atoms. The second kappa shape index (κ2) is 51.9. The number of aromatic amines is 1. The smallest absolute Gasteiger partial charge is 0.326 e. The molecule has 5 atom stereocenters. The summed E-state index contributed by atoms with van der Waals surface area (Å²) < 4.78 is 21.6. The molecular formula is C65H109N7O20. The van der Waals surface area contributed by atoms with Gasteiger partial charge in [-0.3, -0.25) is 52.7 Å². The van der Waals surface area contributed by atoms with E-state index in [2.05, 4.69) is 31.2 Å². The highest BCUT2D eigenvalue weighted by molar-refractivity contribution is 5.92. The van der Waals surface area contributed by atoms with Crippen LogP contribution in [0.5, 0.6) is 0 Å². The summed E-state index contributed by atoms with van der Waals surface area (Å²) in [5, 5.41) is 48.3. The molecule has 1 aromatic rings. The molecule has 0 saturated carbocycles. The van der Waals surface area contributed by atoms with Gasteiger partial charge in [0.25, 0.3) is 0 Å². The van der Waals surface area contributed by atoms with Crippen molar-refractivity contribution in [2.75, 3.05) is 65.9 Å². The van der Waals surface area contributed by atoms with Gasteiger partial charge in [-0.1, -0.05) is 97.3 Å². The Morgan fingerprint density at radius 1 is 0.533 bits per heavy atom. The van der Waals surface area contributed by atoms with Crippen LogP contribution in [0.1, 0.15) is 219 Å². The van der Waals surface area contributed by atoms with E-state index in [4.69, 9.17) is 29.8 Å². The van der Waals surface area contributed by atoms with Gasteiger partial charge in [0.15, 0.2) is 0 Å². The van der Waals surface area contributed by atoms with Crippen molar-refractivity contribution >= 4 is 70.6 Å². The maximum atomic E-state index is 13.3. The number of carbonyl (C=O) groups is 12. The van der Waals surface area contributed by atoms with Crippen molar-refractivity contribution in [1.29, 1.82) is 0 Å². The van der Waals surface area contributed by atoms with E-state index in [1.165, 1.54) is 38.9 Å². The number of Topliss-reactive ketones (excluding diaryl/α,β-unsaturated/α-hetero) is 4. The number of aromatic nitrogens is 2. The molecule has 1 heterocycles. The Hall–Kier alpha value is -6.55. The standard InChI is InChI=1S/C65H109N7O20/c1-47(73)60(61(66)83)72-62(84)48(25-31-55(77)65(2,3)42-53(76)28-27-50-43-67-46-70-50)21-18-19-33-68-57(79)44-92-40-38-90-36-34-69-58(80)45-91-39-37-89-35-20-23-51(74)29-30-54(64(87)88)71-56(78)32-26-49(63(85)86)41-52(75)22-16-14-12-10-8-6-4-5-7-9-11-13-15-17-24-59(81)82/h43,46-49,54,60,73H,4-42,44-45H2,1-3H3,(H2,66,83)(H,67,70)(H,68,79)(H,69,80)(H,71,78)(H,72,84)(H,81,82)(H,85,86)(H,87,88)/t47-,48-,49-,54+,60+/m1/s1. The summed E-state index contributed by atoms with van der Waals surface area (Å²) in [4.78, 5) is 155. The van der Waals surface area contributed by atoms with Gasteiger partial charge in [0.1, 0.15) is 48.4 Å². The van der Waals surface area contributed by atoms with Gasteiger partial charge in [-0.15, -0.1) is 0 Å². The fraction of sp³-hybridized carbons (Fsp3) is 0.769. The van der Waals surface area contributed by atoms with Gasteiger partial charge in [0, 0.05) is 101 Å². The number of imidazole rings is 1. The first-order valence-electron chi connectivity index (χ1n) is 33.1. The number of nitrogens with two attached hydrogens (primary N) is 1. The van der Waals surface area contributed by atoms with E-state index in [0.717, 1.165) is 63.5 Å². The Balaban J connectivity index is 2.16. The molecule has 27 nitrogen and oxygen atoms in total. The second-order valence-corrected chi connectivity index (χ2v) is 24.3. The summed E-state index contributed by atoms with van der Waals surface area (Å²) in [5.41, 5.74) is 5.23. The van der Waals surface area contributed by atoms with Crippen LogP contribution in [0.3, 0.4) is 0 Å². The first-order valence-corrected chi connectivity index (χ1v) is 33.1. The molecule has 92 heavy (non-hydrogen) atoms. The molecule has 0 aliphatic heterocycles. The van der Waals surface area contributed by atoms with Gasteiger partial charge in [0.05, 0.1) is 51.4 Å². The number of aliphatic hydroxyl groups excluding tert-OH is 1. The van der Waals surface area contributed by atoms with Crippen LogP contribution in [0.2, 0.25) is 0 Å². The second-order valence-electron chi connectivity index (χ2n) is 24.3. The predicted molar refractivity (Wildman–Crippen MR) is 339 cm³/mol. The average molecular weight is 1310 g/mol. The van der Waals surface area contributed by atoms with Gasteiger partial charge in [-0.2, -0.15) is 0 Å². The Labute approximate surface area is 542 Å². The molecule has 1 aromatic heterocycles. The molecule has 11 N–H and O–H groups in total. The number of unbranched alkanes of at least 4 members (excludes halogenated alkanes) is 14. The monoisotopic (exact) mass is 1310 g/mol. The molecule has 0 fully saturated rings. The quantitative estimate of drug-likeness (QED) is 0.0356. The van der Waals surface area contributed by atoms with Crippen LogP contribution in [0.15, 0.2) is 12.5 Å². The van der Waals surface area contributed by atoms with Crippen LogP contribution in [0, 0.1) is 17.3 Å². The number of aliphatic carboxylic acids is 3. The number of ketones is 4. The fourth-order valence-corrected chi connectivity index (χ4v) is 10.0. The summed E-state index contributed by atoms with van der Waals surface area (Å²) in [6, 6.07) is -2.69. The highest BCUT2D eigenvalue weighted by Gasteiger charge is 2.33. The topological polar surface area (TPSA) is 425 Å². The number of aryl methyl sites for hydroxylation is 1. The number of nitrogens with zero attached hydrogens (tertiary/aromatic N) is 1. The number of amides is 5. The fourth-order valence-electron chi connectivity index (χ4n) is 10.0. The summed E-state index contributed by atoms with van der Waals surface area (Å²) in [7, 11) is 0. The van der Waals surface area contributed by atoms with E-state index < -0.39 is 71.1 Å². The van der Waals surface area contributed by atoms with E-state index in [1.54, 1.807) is 20.0 Å². The van der Waals surface area contributed by atoms with E-state index in [0.29, 0.717) is 38.5 Å². The Morgan fingerprint density at radius 2 is 1.08 bits per heavy atom. The molecule has 0 aliphatic carbocycles. The lowest BCUT2D eigenvalue weighted by atomic mass is 9.79. The lowest BCUT2D eigenvalue weighted by Gasteiger charge is -2.25. The molecule has 27 heteroatoms. The summed E-state index contributed by atoms with van der Waals surface area (Å²) in [6.07, 6.45) is 18.7. The molecule has 0 aromatic carbocycles. The van der Waals surface area contributed by atoms with Crippen LogP contribution in [0.25, 0.3) is 0 Å². The Bertz CT molecular complexity index is 2330. The maximum Gasteiger partial charge on any atom is 0.326 e. The highest BCUT2D eigenvalue weighted by Crippen LogP contribution is 2.28. The number of carboxylic acids is 3. The minimum Gasteiger partial charge on any atom is -0.481 e. The van der Waals surface area contributed by atoms with Gasteiger partial charge in [0.2, 0.25) is 29.5 Å². The van der Waals surface area contributed by atoms with E-state index in [1.807, 2.05) is 0 Å². The number of rotatable bonds is 63. The number of hydrogen-bond donors (Lipinski definition) is 10. The molecule has 5 amide bonds. The van der Waals surface area contributed by atoms with Crippen molar-refractivity contribution in [3.8, 4) is 0 Å². The van der Waals surface area contributed by atoms with Crippen LogP contribution >= 0.6 is 0 Å². The SMILES string of the molecule is C[C@@H](O)[C@H](NC(=O)[C@H](CCCCNC(=O)COCCOCCNC(=O)COCCOCCCC(=O)CC[C@H](NC(=O)CC[C@H](CC(=O)CCCCCCCCCCCCCCCCC(=O)O)C(=O)O)C(=O)O)CCC(=O)C(C)(C)CC(=O)CCc1cnc[nH]1)C(N)=O. The zero-order valence-electron chi connectivity index (χ0n) is 54.9. The predicted octanol–water partition coefficient (Wildman–Crippen LogP) is 5.58. The average Bonchev–Trinajstić information content (AvgIpc) is 1.17. The third-order valence-corrected chi connectivity index (χ3v) is 15.6. The zero-order valence-corrected chi connectivity index (χ0v) is 54.9. The van der Waals surface area contributed by atoms with Crippen molar-refractivity contribution in [3.63, 3.8) is 0 Å². The first kappa shape index (κ1) is 83.5. The lowest BCUT2D eigenvalue weighted by molar-refractivity contribution is -0.145. The number of nitrogens with one attached hydrogen (secondary N) is 5. The third-order valence-electron chi connectivity index (χ3n) is 15.6. The molecule has 524 valence electrons. The number of carboxylic acid groups (broad SMARTS) is 3. The third kappa shape index (κ3) is 44.9. The van der Waals surface area contributed by atoms with Gasteiger partial charge >= 0.3 is 17.9 Å². The number of H-pyrrole nitrogens is 1. The van der Waals surface area contributed by atoms with Crippen LogP contribution in [0.4, 0.5) is 0 Å². The van der Waals surface area contributed by atoms with Gasteiger partial charge < -0.3 is 71.4 Å². The minimum atomic E-state index is -1.36. The number of primary amides is 1. The van der Waals surface area contributed by atoms with Crippen molar-refractivity contribution in [2.45, 2.75) is 238 Å². The van der Waals surface area contributed by atoms with Gasteiger partial charge in [-0.25, -0.2) is 9.78 Å². The number of hydrogen-bond acceptors (Lipinski definition) is 18. The van der Waals surface area contributed by atoms with E-state index in [9.17, 15) is 72.9 Å². The van der Waals surface area contributed by atoms with E-state index >= 15 is 0 Å². The molecule has 0 spiro atoms. The molecular weight excluding hydrogens is 1200 g/mol. The van der Waals surface area contributed by atoms with Crippen LogP contribution in [-0.2, 0) is 82.9 Å². The lowest BCUT2D eigenvalue weighted by Crippen LogP contribution is -2.52. The van der Waals surface area contributed by atoms with Crippen molar-refractivity contribution in [3.05, 3.63) is 18.2 Å². The molecule has 1 rings (SSSR count). The van der Waals surface area contributed by atoms with Crippen LogP contribution < -0.4 is 27.0 Å². The normalized spacial score (nSPS) is 13.0. The summed E-state index contributed by atoms with van der Waals surface area (Å²) in [6.45, 7) is 5.58. The molecule has 0 saturated heterocycles.